The van der Waals surface area contributed by atoms with Crippen LogP contribution in [0, 0.1) is 20.2 Å². The van der Waals surface area contributed by atoms with Crippen molar-refractivity contribution in [2.45, 2.75) is 40.7 Å². The zero-order valence-electron chi connectivity index (χ0n) is 17.7. The quantitative estimate of drug-likeness (QED) is 0.535. The average molecular weight is 472 g/mol. The van der Waals surface area contributed by atoms with Gasteiger partial charge in [0.25, 0.3) is 5.56 Å². The van der Waals surface area contributed by atoms with Crippen LogP contribution in [0.2, 0.25) is 0 Å². The van der Waals surface area contributed by atoms with Crippen molar-refractivity contribution in [1.82, 2.24) is 9.78 Å². The predicted molar refractivity (Wildman–Crippen MR) is 113 cm³/mol. The predicted octanol–water partition coefficient (Wildman–Crippen LogP) is 5.15. The van der Waals surface area contributed by atoms with Gasteiger partial charge >= 0.3 is 0 Å². The largest absolute Gasteiger partial charge is 0.505 e. The van der Waals surface area contributed by atoms with Gasteiger partial charge in [-0.25, -0.2) is 9.07 Å². The Bertz CT molecular complexity index is 970. The van der Waals surface area contributed by atoms with Crippen LogP contribution in [0.4, 0.5) is 4.39 Å². The summed E-state index contributed by atoms with van der Waals surface area (Å²) < 4.78 is 14.4. The van der Waals surface area contributed by atoms with E-state index >= 15 is 0 Å². The van der Waals surface area contributed by atoms with Gasteiger partial charge in [0.15, 0.2) is 5.75 Å². The Hall–Kier alpha value is -1.85. The number of nitrogens with zero attached hydrogens (tertiary/aromatic N) is 2. The van der Waals surface area contributed by atoms with E-state index in [1.807, 2.05) is 52.0 Å². The van der Waals surface area contributed by atoms with Crippen molar-refractivity contribution < 1.29 is 42.2 Å². The van der Waals surface area contributed by atoms with Crippen LogP contribution in [0.3, 0.4) is 0 Å². The monoisotopic (exact) mass is 472 g/mol. The van der Waals surface area contributed by atoms with Crippen LogP contribution >= 0.6 is 0 Å². The molecule has 1 heterocycles. The maximum absolute atomic E-state index is 13.1. The smallest absolute Gasteiger partial charge is 0.278 e. The summed E-state index contributed by atoms with van der Waals surface area (Å²) in [6, 6.07) is 13.4. The molecule has 4 nitrogen and oxygen atoms in total. The first kappa shape index (κ1) is 27.2. The molecule has 1 radical (unpaired) electrons. The molecular weight excluding hydrogens is 444 g/mol. The van der Waals surface area contributed by atoms with Crippen molar-refractivity contribution >= 4 is 0 Å². The Kier molecular flexibility index (Phi) is 11.9. The molecule has 0 bridgehead atoms. The third kappa shape index (κ3) is 6.32. The maximum Gasteiger partial charge on any atom is 0.278 e. The molecule has 2 aromatic carbocycles. The van der Waals surface area contributed by atoms with E-state index in [2.05, 4.69) is 5.10 Å². The SMILES string of the molecule is CC.CCn1nc(Cc2ccc(F)cc2)c(O)c(-c2ccccc2C)c1=O.[CH3-].[Y]. The second-order valence-electron chi connectivity index (χ2n) is 5.91. The van der Waals surface area contributed by atoms with Gasteiger partial charge in [0.1, 0.15) is 11.5 Å². The molecule has 0 aliphatic rings. The third-order valence-corrected chi connectivity index (χ3v) is 4.20. The summed E-state index contributed by atoms with van der Waals surface area (Å²) in [7, 11) is 0. The first-order valence-corrected chi connectivity index (χ1v) is 9.14. The Morgan fingerprint density at radius 2 is 1.66 bits per heavy atom. The minimum Gasteiger partial charge on any atom is -0.505 e. The number of aromatic nitrogens is 2. The van der Waals surface area contributed by atoms with E-state index in [9.17, 15) is 14.3 Å². The number of aryl methyl sites for hydroxylation is 2. The van der Waals surface area contributed by atoms with Gasteiger partial charge in [0.2, 0.25) is 0 Å². The van der Waals surface area contributed by atoms with Crippen molar-refractivity contribution in [3.63, 3.8) is 0 Å². The summed E-state index contributed by atoms with van der Waals surface area (Å²) >= 11 is 0. The number of hydrogen-bond acceptors (Lipinski definition) is 3. The Morgan fingerprint density at radius 1 is 1.07 bits per heavy atom. The molecule has 1 N–H and O–H groups in total. The van der Waals surface area contributed by atoms with Crippen LogP contribution in [0.5, 0.6) is 5.75 Å². The van der Waals surface area contributed by atoms with Gasteiger partial charge in [-0.1, -0.05) is 50.2 Å². The van der Waals surface area contributed by atoms with Gasteiger partial charge in [-0.05, 0) is 42.7 Å². The fraction of sp³-hybridized carbons (Fsp3) is 0.261. The molecule has 153 valence electrons. The normalized spacial score (nSPS) is 9.55. The molecule has 0 saturated heterocycles. The molecule has 0 fully saturated rings. The third-order valence-electron chi connectivity index (χ3n) is 4.20. The number of hydrogen-bond donors (Lipinski definition) is 1. The maximum atomic E-state index is 13.1. The van der Waals surface area contributed by atoms with Crippen molar-refractivity contribution in [2.24, 2.45) is 0 Å². The summed E-state index contributed by atoms with van der Waals surface area (Å²) in [6.45, 7) is 8.12. The van der Waals surface area contributed by atoms with E-state index < -0.39 is 0 Å². The van der Waals surface area contributed by atoms with Gasteiger partial charge in [0, 0.05) is 45.7 Å². The topological polar surface area (TPSA) is 55.1 Å². The molecule has 29 heavy (non-hydrogen) atoms. The molecule has 0 amide bonds. The number of aromatic hydroxyl groups is 1. The van der Waals surface area contributed by atoms with Gasteiger partial charge in [-0.2, -0.15) is 5.10 Å². The summed E-state index contributed by atoms with van der Waals surface area (Å²) in [6.07, 6.45) is 0.311. The first-order chi connectivity index (χ1) is 13.0. The average Bonchev–Trinajstić information content (AvgIpc) is 2.69. The van der Waals surface area contributed by atoms with Crippen LogP contribution < -0.4 is 5.56 Å². The van der Waals surface area contributed by atoms with E-state index in [-0.39, 0.29) is 62.8 Å². The number of rotatable bonds is 4. The van der Waals surface area contributed by atoms with Gasteiger partial charge in [-0.15, -0.1) is 0 Å². The Morgan fingerprint density at radius 3 is 2.21 bits per heavy atom. The zero-order chi connectivity index (χ0) is 20.0. The van der Waals surface area contributed by atoms with E-state index in [0.29, 0.717) is 24.2 Å². The van der Waals surface area contributed by atoms with Gasteiger partial charge < -0.3 is 12.5 Å². The second-order valence-corrected chi connectivity index (χ2v) is 5.91. The van der Waals surface area contributed by atoms with Crippen LogP contribution in [-0.4, -0.2) is 14.9 Å². The van der Waals surface area contributed by atoms with E-state index in [0.717, 1.165) is 11.1 Å². The Balaban J connectivity index is 0.00000190. The van der Waals surface area contributed by atoms with Gasteiger partial charge in [0.05, 0.1) is 5.56 Å². The fourth-order valence-corrected chi connectivity index (χ4v) is 2.84. The van der Waals surface area contributed by atoms with Crippen molar-refractivity contribution in [2.75, 3.05) is 0 Å². The van der Waals surface area contributed by atoms with Crippen molar-refractivity contribution in [1.29, 1.82) is 0 Å². The molecule has 6 heteroatoms. The summed E-state index contributed by atoms with van der Waals surface area (Å²) in [5, 5.41) is 15.0. The van der Waals surface area contributed by atoms with Crippen molar-refractivity contribution in [3.8, 4) is 16.9 Å². The number of benzene rings is 2. The minimum absolute atomic E-state index is 0. The standard InChI is InChI=1S/C20H19FN2O2.C2H6.CH3.Y/c1-3-23-20(25)18(16-7-5-4-6-13(16)2)19(24)17(22-23)12-14-8-10-15(21)11-9-14;1-2;;/h4-11,24H,3,12H2,1-2H3;1-2H3;1H3;/q;;-1;. The van der Waals surface area contributed by atoms with E-state index in [1.165, 1.54) is 16.8 Å². The van der Waals surface area contributed by atoms with Crippen LogP contribution in [-0.2, 0) is 45.7 Å². The second kappa shape index (κ2) is 12.7. The molecule has 1 aromatic heterocycles. The molecule has 3 aromatic rings. The minimum atomic E-state index is -0.322. The molecule has 0 aliphatic heterocycles. The molecular formula is C23H28FN2O2Y-. The van der Waals surface area contributed by atoms with E-state index in [1.54, 1.807) is 12.1 Å². The van der Waals surface area contributed by atoms with Gasteiger partial charge in [-0.3, -0.25) is 4.79 Å². The zero-order valence-corrected chi connectivity index (χ0v) is 20.6. The summed E-state index contributed by atoms with van der Waals surface area (Å²) in [5.41, 5.74) is 2.73. The van der Waals surface area contributed by atoms with E-state index in [4.69, 9.17) is 0 Å². The molecule has 0 unspecified atom stereocenters. The summed E-state index contributed by atoms with van der Waals surface area (Å²) in [4.78, 5) is 12.7. The van der Waals surface area contributed by atoms with Crippen LogP contribution in [0.1, 0.15) is 37.6 Å². The molecule has 0 aliphatic carbocycles. The van der Waals surface area contributed by atoms with Crippen LogP contribution in [0.15, 0.2) is 53.3 Å². The first-order valence-electron chi connectivity index (χ1n) is 9.14. The molecule has 0 saturated carbocycles. The fourth-order valence-electron chi connectivity index (χ4n) is 2.84. The molecule has 0 spiro atoms. The van der Waals surface area contributed by atoms with Crippen molar-refractivity contribution in [3.05, 3.63) is 88.9 Å². The summed E-state index contributed by atoms with van der Waals surface area (Å²) in [5.74, 6) is -0.437. The molecule has 3 rings (SSSR count). The van der Waals surface area contributed by atoms with Crippen LogP contribution in [0.25, 0.3) is 11.1 Å². The molecule has 0 atom stereocenters. The Labute approximate surface area is 197 Å². The number of halogens is 1.